The Balaban J connectivity index is 1.43. The standard InChI is InChI=1S/C17H26N2S/c1-4-11-19(12-5-1)13-6-10-18-16-9-14-20-17-8-3-2-7-15(16)17/h2-3,7-8,16,18H,1,4-6,9-14H2. The molecule has 0 spiro atoms. The van der Waals surface area contributed by atoms with Crippen LogP contribution in [0, 0.1) is 0 Å². The Kier molecular flexibility index (Phi) is 5.40. The summed E-state index contributed by atoms with van der Waals surface area (Å²) >= 11 is 2.01. The zero-order chi connectivity index (χ0) is 13.6. The molecular weight excluding hydrogens is 264 g/mol. The van der Waals surface area contributed by atoms with Crippen molar-refractivity contribution < 1.29 is 0 Å². The smallest absolute Gasteiger partial charge is 0.0339 e. The third-order valence-corrected chi connectivity index (χ3v) is 5.57. The van der Waals surface area contributed by atoms with E-state index in [-0.39, 0.29) is 0 Å². The van der Waals surface area contributed by atoms with Crippen LogP contribution in [-0.4, -0.2) is 36.8 Å². The van der Waals surface area contributed by atoms with Gasteiger partial charge in [-0.15, -0.1) is 11.8 Å². The Morgan fingerprint density at radius 1 is 1.15 bits per heavy atom. The Hall–Kier alpha value is -0.510. The minimum absolute atomic E-state index is 0.578. The number of thioether (sulfide) groups is 1. The van der Waals surface area contributed by atoms with E-state index in [2.05, 4.69) is 34.5 Å². The zero-order valence-corrected chi connectivity index (χ0v) is 13.1. The van der Waals surface area contributed by atoms with E-state index < -0.39 is 0 Å². The van der Waals surface area contributed by atoms with E-state index in [9.17, 15) is 0 Å². The van der Waals surface area contributed by atoms with Gasteiger partial charge in [0.25, 0.3) is 0 Å². The highest BCUT2D eigenvalue weighted by atomic mass is 32.2. The summed E-state index contributed by atoms with van der Waals surface area (Å²) in [4.78, 5) is 4.11. The van der Waals surface area contributed by atoms with E-state index in [1.807, 2.05) is 11.8 Å². The predicted molar refractivity (Wildman–Crippen MR) is 87.4 cm³/mol. The summed E-state index contributed by atoms with van der Waals surface area (Å²) in [6, 6.07) is 9.47. The lowest BCUT2D eigenvalue weighted by Crippen LogP contribution is -2.33. The number of benzene rings is 1. The summed E-state index contributed by atoms with van der Waals surface area (Å²) in [5.74, 6) is 1.25. The molecule has 1 atom stereocenters. The van der Waals surface area contributed by atoms with Gasteiger partial charge in [-0.3, -0.25) is 0 Å². The molecular formula is C17H26N2S. The second-order valence-electron chi connectivity index (χ2n) is 5.94. The fraction of sp³-hybridized carbons (Fsp3) is 0.647. The summed E-state index contributed by atoms with van der Waals surface area (Å²) in [5.41, 5.74) is 1.52. The summed E-state index contributed by atoms with van der Waals surface area (Å²) in [6.07, 6.45) is 6.80. The topological polar surface area (TPSA) is 15.3 Å². The first-order valence-corrected chi connectivity index (χ1v) is 9.09. The van der Waals surface area contributed by atoms with Crippen molar-refractivity contribution in [1.29, 1.82) is 0 Å². The molecule has 1 saturated heterocycles. The Morgan fingerprint density at radius 2 is 2.00 bits per heavy atom. The van der Waals surface area contributed by atoms with Gasteiger partial charge in [-0.05, 0) is 69.2 Å². The molecule has 20 heavy (non-hydrogen) atoms. The van der Waals surface area contributed by atoms with Gasteiger partial charge in [0, 0.05) is 10.9 Å². The van der Waals surface area contributed by atoms with Gasteiger partial charge in [-0.2, -0.15) is 0 Å². The average molecular weight is 290 g/mol. The molecule has 0 bridgehead atoms. The summed E-state index contributed by atoms with van der Waals surface area (Å²) < 4.78 is 0. The van der Waals surface area contributed by atoms with E-state index in [1.165, 1.54) is 68.0 Å². The van der Waals surface area contributed by atoms with Crippen LogP contribution in [-0.2, 0) is 0 Å². The van der Waals surface area contributed by atoms with Gasteiger partial charge >= 0.3 is 0 Å². The molecule has 3 heteroatoms. The molecule has 110 valence electrons. The van der Waals surface area contributed by atoms with Crippen LogP contribution in [0.15, 0.2) is 29.2 Å². The van der Waals surface area contributed by atoms with Gasteiger partial charge in [0.15, 0.2) is 0 Å². The predicted octanol–water partition coefficient (Wildman–Crippen LogP) is 3.69. The van der Waals surface area contributed by atoms with Gasteiger partial charge in [0.1, 0.15) is 0 Å². The number of rotatable bonds is 5. The van der Waals surface area contributed by atoms with E-state index in [0.717, 1.165) is 6.54 Å². The molecule has 1 fully saturated rings. The molecule has 1 N–H and O–H groups in total. The molecule has 1 aromatic carbocycles. The average Bonchev–Trinajstić information content (AvgIpc) is 2.53. The lowest BCUT2D eigenvalue weighted by molar-refractivity contribution is 0.224. The fourth-order valence-electron chi connectivity index (χ4n) is 3.32. The third-order valence-electron chi connectivity index (χ3n) is 4.45. The van der Waals surface area contributed by atoms with E-state index in [1.54, 1.807) is 0 Å². The molecule has 2 heterocycles. The maximum atomic E-state index is 3.78. The molecule has 0 radical (unpaired) electrons. The maximum absolute atomic E-state index is 3.78. The van der Waals surface area contributed by atoms with Gasteiger partial charge in [0.2, 0.25) is 0 Å². The SMILES string of the molecule is c1ccc2c(c1)SCCC2NCCCN1CCCCC1. The van der Waals surface area contributed by atoms with Gasteiger partial charge in [0.05, 0.1) is 0 Å². The largest absolute Gasteiger partial charge is 0.310 e. The highest BCUT2D eigenvalue weighted by Gasteiger charge is 2.19. The first-order valence-electron chi connectivity index (χ1n) is 8.11. The molecule has 0 amide bonds. The van der Waals surface area contributed by atoms with Crippen molar-refractivity contribution in [1.82, 2.24) is 10.2 Å². The number of nitrogens with zero attached hydrogens (tertiary/aromatic N) is 1. The van der Waals surface area contributed by atoms with Crippen molar-refractivity contribution in [2.75, 3.05) is 31.9 Å². The molecule has 1 aromatic rings. The van der Waals surface area contributed by atoms with Gasteiger partial charge < -0.3 is 10.2 Å². The van der Waals surface area contributed by atoms with Crippen LogP contribution in [0.25, 0.3) is 0 Å². The number of fused-ring (bicyclic) bond motifs is 1. The van der Waals surface area contributed by atoms with Crippen LogP contribution < -0.4 is 5.32 Å². The fourth-order valence-corrected chi connectivity index (χ4v) is 4.44. The number of likely N-dealkylation sites (tertiary alicyclic amines) is 1. The van der Waals surface area contributed by atoms with Crippen molar-refractivity contribution >= 4 is 11.8 Å². The van der Waals surface area contributed by atoms with Crippen molar-refractivity contribution in [3.63, 3.8) is 0 Å². The van der Waals surface area contributed by atoms with Gasteiger partial charge in [-0.1, -0.05) is 24.6 Å². The second-order valence-corrected chi connectivity index (χ2v) is 7.07. The maximum Gasteiger partial charge on any atom is 0.0339 e. The summed E-state index contributed by atoms with van der Waals surface area (Å²) in [6.45, 7) is 5.07. The first kappa shape index (κ1) is 14.4. The lowest BCUT2D eigenvalue weighted by atomic mass is 10.0. The number of piperidine rings is 1. The van der Waals surface area contributed by atoms with Crippen LogP contribution in [0.3, 0.4) is 0 Å². The molecule has 0 saturated carbocycles. The van der Waals surface area contributed by atoms with Crippen LogP contribution in [0.5, 0.6) is 0 Å². The number of hydrogen-bond acceptors (Lipinski definition) is 3. The molecule has 1 unspecified atom stereocenters. The lowest BCUT2D eigenvalue weighted by Gasteiger charge is -2.28. The van der Waals surface area contributed by atoms with Crippen molar-refractivity contribution in [2.45, 2.75) is 43.0 Å². The molecule has 0 aliphatic carbocycles. The minimum atomic E-state index is 0.578. The van der Waals surface area contributed by atoms with Crippen molar-refractivity contribution in [2.24, 2.45) is 0 Å². The minimum Gasteiger partial charge on any atom is -0.310 e. The molecule has 2 aliphatic rings. The van der Waals surface area contributed by atoms with Gasteiger partial charge in [-0.25, -0.2) is 0 Å². The van der Waals surface area contributed by atoms with Crippen LogP contribution in [0.1, 0.15) is 43.7 Å². The Morgan fingerprint density at radius 3 is 2.90 bits per heavy atom. The van der Waals surface area contributed by atoms with E-state index >= 15 is 0 Å². The highest BCUT2D eigenvalue weighted by molar-refractivity contribution is 7.99. The Bertz CT molecular complexity index is 415. The molecule has 0 aromatic heterocycles. The first-order chi connectivity index (χ1) is 9.93. The van der Waals surface area contributed by atoms with Crippen molar-refractivity contribution in [3.8, 4) is 0 Å². The normalized spacial score (nSPS) is 23.5. The number of hydrogen-bond donors (Lipinski definition) is 1. The molecule has 3 rings (SSSR count). The van der Waals surface area contributed by atoms with E-state index in [0.29, 0.717) is 6.04 Å². The van der Waals surface area contributed by atoms with Crippen LogP contribution >= 0.6 is 11.8 Å². The second kappa shape index (κ2) is 7.48. The molecule has 2 aliphatic heterocycles. The molecule has 2 nitrogen and oxygen atoms in total. The van der Waals surface area contributed by atoms with Crippen LogP contribution in [0.2, 0.25) is 0 Å². The zero-order valence-electron chi connectivity index (χ0n) is 12.3. The third kappa shape index (κ3) is 3.78. The van der Waals surface area contributed by atoms with Crippen molar-refractivity contribution in [3.05, 3.63) is 29.8 Å². The van der Waals surface area contributed by atoms with Crippen LogP contribution in [0.4, 0.5) is 0 Å². The Labute approximate surface area is 127 Å². The summed E-state index contributed by atoms with van der Waals surface area (Å²) in [5, 5.41) is 3.78. The monoisotopic (exact) mass is 290 g/mol. The summed E-state index contributed by atoms with van der Waals surface area (Å²) in [7, 11) is 0. The highest BCUT2D eigenvalue weighted by Crippen LogP contribution is 2.35. The van der Waals surface area contributed by atoms with E-state index in [4.69, 9.17) is 0 Å². The number of nitrogens with one attached hydrogen (secondary N) is 1. The quantitative estimate of drug-likeness (QED) is 0.833.